The van der Waals surface area contributed by atoms with Crippen LogP contribution < -0.4 is 10.1 Å². The molecule has 0 saturated heterocycles. The molecule has 1 atom stereocenters. The maximum absolute atomic E-state index is 12.3. The lowest BCUT2D eigenvalue weighted by Gasteiger charge is -2.25. The van der Waals surface area contributed by atoms with Crippen LogP contribution in [0.1, 0.15) is 46.6 Å². The fourth-order valence-electron chi connectivity index (χ4n) is 2.27. The van der Waals surface area contributed by atoms with Gasteiger partial charge in [-0.05, 0) is 50.8 Å². The van der Waals surface area contributed by atoms with Crippen LogP contribution in [0.3, 0.4) is 0 Å². The lowest BCUT2D eigenvalue weighted by Crippen LogP contribution is -2.45. The van der Waals surface area contributed by atoms with Gasteiger partial charge in [-0.25, -0.2) is 4.79 Å². The van der Waals surface area contributed by atoms with E-state index in [2.05, 4.69) is 5.32 Å². The average Bonchev–Trinajstić information content (AvgIpc) is 2.44. The van der Waals surface area contributed by atoms with Crippen molar-refractivity contribution in [1.29, 1.82) is 0 Å². The zero-order valence-corrected chi connectivity index (χ0v) is 15.5. The van der Waals surface area contributed by atoms with Crippen LogP contribution in [0.15, 0.2) is 24.3 Å². The monoisotopic (exact) mass is 335 g/mol. The molecular weight excluding hydrogens is 306 g/mol. The summed E-state index contributed by atoms with van der Waals surface area (Å²) in [5.41, 5.74) is 0.253. The molecule has 0 radical (unpaired) electrons. The third-order valence-electron chi connectivity index (χ3n) is 3.23. The molecule has 0 aliphatic rings. The molecule has 1 aromatic rings. The van der Waals surface area contributed by atoms with Crippen molar-refractivity contribution in [1.82, 2.24) is 5.32 Å². The molecular formula is C19H29NO4. The molecule has 0 unspecified atom stereocenters. The lowest BCUT2D eigenvalue weighted by atomic mass is 10.0. The second-order valence-electron chi connectivity index (χ2n) is 7.31. The molecule has 24 heavy (non-hydrogen) atoms. The van der Waals surface area contributed by atoms with Gasteiger partial charge in [-0.2, -0.15) is 0 Å². The van der Waals surface area contributed by atoms with E-state index in [4.69, 9.17) is 9.47 Å². The molecule has 0 fully saturated rings. The highest BCUT2D eigenvalue weighted by atomic mass is 16.6. The first-order valence-electron chi connectivity index (χ1n) is 8.26. The largest absolute Gasteiger partial charge is 0.497 e. The topological polar surface area (TPSA) is 64.6 Å². The minimum atomic E-state index is -0.637. The highest BCUT2D eigenvalue weighted by Gasteiger charge is 2.27. The molecule has 1 aromatic carbocycles. The van der Waals surface area contributed by atoms with Gasteiger partial charge in [-0.1, -0.05) is 26.0 Å². The van der Waals surface area contributed by atoms with E-state index in [1.807, 2.05) is 58.9 Å². The number of carbonyl (C=O) groups excluding carboxylic acids is 2. The van der Waals surface area contributed by atoms with E-state index in [0.29, 0.717) is 12.2 Å². The summed E-state index contributed by atoms with van der Waals surface area (Å²) < 4.78 is 10.6. The summed E-state index contributed by atoms with van der Waals surface area (Å²) in [6.07, 6.45) is 0.730. The smallest absolute Gasteiger partial charge is 0.329 e. The van der Waals surface area contributed by atoms with E-state index >= 15 is 0 Å². The van der Waals surface area contributed by atoms with E-state index in [9.17, 15) is 9.59 Å². The molecule has 0 aromatic heterocycles. The summed E-state index contributed by atoms with van der Waals surface area (Å²) >= 11 is 0. The fourth-order valence-corrected chi connectivity index (χ4v) is 2.27. The highest BCUT2D eigenvalue weighted by Crippen LogP contribution is 2.15. The Morgan fingerprint density at radius 3 is 2.42 bits per heavy atom. The molecule has 0 saturated carbocycles. The number of amides is 1. The van der Waals surface area contributed by atoms with Crippen molar-refractivity contribution in [3.8, 4) is 5.75 Å². The summed E-state index contributed by atoms with van der Waals surface area (Å²) in [7, 11) is 1.58. The standard InChI is InChI=1S/C19H29NO4/c1-13(2)10-16(18(22)24-19(3,4)5)20-17(21)12-14-8-7-9-15(11-14)23-6/h7-9,11,13,16H,10,12H2,1-6H3,(H,20,21)/t16-/m0/s1. The molecule has 1 rings (SSSR count). The Balaban J connectivity index is 2.74. The van der Waals surface area contributed by atoms with Crippen LogP contribution in [0.25, 0.3) is 0 Å². The second kappa shape index (κ2) is 8.71. The first kappa shape index (κ1) is 20.0. The number of hydrogen-bond acceptors (Lipinski definition) is 4. The molecule has 0 aliphatic heterocycles. The summed E-state index contributed by atoms with van der Waals surface area (Å²) in [5.74, 6) is 0.362. The van der Waals surface area contributed by atoms with Crippen molar-refractivity contribution in [3.63, 3.8) is 0 Å². The maximum Gasteiger partial charge on any atom is 0.329 e. The van der Waals surface area contributed by atoms with Gasteiger partial charge in [-0.3, -0.25) is 4.79 Å². The first-order valence-corrected chi connectivity index (χ1v) is 8.26. The third-order valence-corrected chi connectivity index (χ3v) is 3.23. The van der Waals surface area contributed by atoms with Gasteiger partial charge in [0.25, 0.3) is 0 Å². The van der Waals surface area contributed by atoms with E-state index in [-0.39, 0.29) is 18.2 Å². The van der Waals surface area contributed by atoms with Crippen molar-refractivity contribution in [2.45, 2.75) is 59.1 Å². The number of nitrogens with one attached hydrogen (secondary N) is 1. The predicted octanol–water partition coefficient (Wildman–Crippen LogP) is 3.11. The van der Waals surface area contributed by atoms with Gasteiger partial charge < -0.3 is 14.8 Å². The number of benzene rings is 1. The highest BCUT2D eigenvalue weighted by molar-refractivity contribution is 5.85. The molecule has 0 heterocycles. The summed E-state index contributed by atoms with van der Waals surface area (Å²) in [6.45, 7) is 9.46. The van der Waals surface area contributed by atoms with Crippen LogP contribution in [0.2, 0.25) is 0 Å². The minimum Gasteiger partial charge on any atom is -0.497 e. The molecule has 0 bridgehead atoms. The fraction of sp³-hybridized carbons (Fsp3) is 0.579. The lowest BCUT2D eigenvalue weighted by molar-refractivity contribution is -0.159. The number of carbonyl (C=O) groups is 2. The molecule has 1 N–H and O–H groups in total. The van der Waals surface area contributed by atoms with Crippen LogP contribution >= 0.6 is 0 Å². The number of hydrogen-bond donors (Lipinski definition) is 1. The zero-order chi connectivity index (χ0) is 18.3. The van der Waals surface area contributed by atoms with Crippen LogP contribution in [0, 0.1) is 5.92 Å². The Morgan fingerprint density at radius 2 is 1.88 bits per heavy atom. The molecule has 0 spiro atoms. The Bertz CT molecular complexity index is 561. The van der Waals surface area contributed by atoms with Crippen molar-refractivity contribution in [2.24, 2.45) is 5.92 Å². The van der Waals surface area contributed by atoms with Crippen molar-refractivity contribution in [2.75, 3.05) is 7.11 Å². The summed E-state index contributed by atoms with van der Waals surface area (Å²) in [5, 5.41) is 2.80. The van der Waals surface area contributed by atoms with E-state index < -0.39 is 17.6 Å². The van der Waals surface area contributed by atoms with E-state index in [1.165, 1.54) is 0 Å². The number of esters is 1. The first-order chi connectivity index (χ1) is 11.1. The number of rotatable bonds is 7. The van der Waals surface area contributed by atoms with E-state index in [1.54, 1.807) is 7.11 Å². The molecule has 1 amide bonds. The Hall–Kier alpha value is -2.04. The predicted molar refractivity (Wildman–Crippen MR) is 93.9 cm³/mol. The van der Waals surface area contributed by atoms with Gasteiger partial charge in [0.15, 0.2) is 0 Å². The Labute approximate surface area is 144 Å². The SMILES string of the molecule is COc1cccc(CC(=O)N[C@@H](CC(C)C)C(=O)OC(C)(C)C)c1. The zero-order valence-electron chi connectivity index (χ0n) is 15.5. The van der Waals surface area contributed by atoms with Crippen molar-refractivity contribution < 1.29 is 19.1 Å². The molecule has 5 nitrogen and oxygen atoms in total. The molecule has 5 heteroatoms. The van der Waals surface area contributed by atoms with Gasteiger partial charge in [0, 0.05) is 0 Å². The van der Waals surface area contributed by atoms with Crippen LogP contribution in [0.5, 0.6) is 5.75 Å². The Morgan fingerprint density at radius 1 is 1.21 bits per heavy atom. The number of ether oxygens (including phenoxy) is 2. The van der Waals surface area contributed by atoms with Crippen molar-refractivity contribution >= 4 is 11.9 Å². The van der Waals surface area contributed by atoms with Crippen LogP contribution in [0.4, 0.5) is 0 Å². The van der Waals surface area contributed by atoms with Gasteiger partial charge in [-0.15, -0.1) is 0 Å². The van der Waals surface area contributed by atoms with Gasteiger partial charge in [0.05, 0.1) is 13.5 Å². The molecule has 0 aliphatic carbocycles. The summed E-state index contributed by atoms with van der Waals surface area (Å²) in [4.78, 5) is 24.6. The van der Waals surface area contributed by atoms with Gasteiger partial charge in [0.1, 0.15) is 17.4 Å². The van der Waals surface area contributed by atoms with E-state index in [0.717, 1.165) is 5.56 Å². The minimum absolute atomic E-state index is 0.189. The quantitative estimate of drug-likeness (QED) is 0.778. The van der Waals surface area contributed by atoms with Gasteiger partial charge >= 0.3 is 5.97 Å². The van der Waals surface area contributed by atoms with Crippen LogP contribution in [-0.4, -0.2) is 30.6 Å². The number of methoxy groups -OCH3 is 1. The Kier molecular flexibility index (Phi) is 7.26. The average molecular weight is 335 g/mol. The maximum atomic E-state index is 12.3. The normalized spacial score (nSPS) is 12.6. The third kappa shape index (κ3) is 7.49. The van der Waals surface area contributed by atoms with Crippen LogP contribution in [-0.2, 0) is 20.7 Å². The van der Waals surface area contributed by atoms with Gasteiger partial charge in [0.2, 0.25) is 5.91 Å². The molecule has 134 valence electrons. The van der Waals surface area contributed by atoms with Crippen molar-refractivity contribution in [3.05, 3.63) is 29.8 Å². The summed E-state index contributed by atoms with van der Waals surface area (Å²) in [6, 6.07) is 6.68. The second-order valence-corrected chi connectivity index (χ2v) is 7.31.